The maximum Gasteiger partial charge on any atom is 0.255 e. The van der Waals surface area contributed by atoms with E-state index < -0.39 is 11.9 Å². The molecule has 0 radical (unpaired) electrons. The van der Waals surface area contributed by atoms with Gasteiger partial charge in [0.1, 0.15) is 11.8 Å². The number of amides is 3. The third-order valence-corrected chi connectivity index (χ3v) is 8.99. The number of hydrogen-bond donors (Lipinski definition) is 1. The van der Waals surface area contributed by atoms with Gasteiger partial charge in [0.15, 0.2) is 0 Å². The van der Waals surface area contributed by atoms with E-state index in [4.69, 9.17) is 21.4 Å². The number of nitrogens with one attached hydrogen (secondary N) is 1. The lowest BCUT2D eigenvalue weighted by Gasteiger charge is -2.38. The zero-order valence-electron chi connectivity index (χ0n) is 21.4. The van der Waals surface area contributed by atoms with Gasteiger partial charge in [-0.25, -0.2) is 4.68 Å². The third-order valence-electron chi connectivity index (χ3n) is 8.67. The van der Waals surface area contributed by atoms with Crippen molar-refractivity contribution in [2.45, 2.75) is 50.2 Å². The molecule has 9 nitrogen and oxygen atoms in total. The van der Waals surface area contributed by atoms with Gasteiger partial charge < -0.3 is 9.64 Å². The second-order valence-corrected chi connectivity index (χ2v) is 11.3. The van der Waals surface area contributed by atoms with Crippen LogP contribution in [0.4, 0.5) is 0 Å². The van der Waals surface area contributed by atoms with Gasteiger partial charge in [0.2, 0.25) is 11.8 Å². The standard InChI is InChI=1S/C29H28ClN5O4/c30-22-3-1-2-4-23(22)35-12-9-18(32-35)15-33-13-10-29(11-14-33)17-39-26-20-16-34(24-7-8-25(36)31-27(24)37)28(38)19(20)5-6-21(26)29/h1-6,9,12,24H,7-8,10-11,13-17H2,(H,31,36,37). The SMILES string of the molecule is O=C1CCC(N2Cc3c(ccc4c3OCC43CCN(Cc4ccn(-c5ccccc5Cl)n4)CC3)C2=O)C(=O)N1. The molecule has 10 heteroatoms. The number of para-hydroxylation sites is 1. The Balaban J connectivity index is 1.05. The maximum atomic E-state index is 13.2. The Morgan fingerprint density at radius 2 is 1.90 bits per heavy atom. The fraction of sp³-hybridized carbons (Fsp3) is 0.379. The Kier molecular flexibility index (Phi) is 5.75. The summed E-state index contributed by atoms with van der Waals surface area (Å²) in [6.45, 7) is 3.53. The molecular formula is C29H28ClN5O4. The van der Waals surface area contributed by atoms with Crippen LogP contribution in [0.15, 0.2) is 48.7 Å². The number of aromatic nitrogens is 2. The zero-order valence-corrected chi connectivity index (χ0v) is 22.1. The van der Waals surface area contributed by atoms with Crippen molar-refractivity contribution >= 4 is 29.3 Å². The first kappa shape index (κ1) is 24.4. The average Bonchev–Trinajstić information content (AvgIpc) is 3.63. The van der Waals surface area contributed by atoms with Crippen LogP contribution in [0.25, 0.3) is 5.69 Å². The van der Waals surface area contributed by atoms with Crippen molar-refractivity contribution in [3.05, 3.63) is 76.1 Å². The van der Waals surface area contributed by atoms with Crippen LogP contribution in [0.2, 0.25) is 5.02 Å². The Hall–Kier alpha value is -3.69. The van der Waals surface area contributed by atoms with Crippen molar-refractivity contribution in [1.82, 2.24) is 24.9 Å². The number of nitrogens with zero attached hydrogens (tertiary/aromatic N) is 4. The number of benzene rings is 2. The van der Waals surface area contributed by atoms with E-state index in [1.165, 1.54) is 5.56 Å². The fourth-order valence-corrected chi connectivity index (χ4v) is 6.71. The first-order valence-electron chi connectivity index (χ1n) is 13.4. The van der Waals surface area contributed by atoms with Gasteiger partial charge in [-0.15, -0.1) is 0 Å². The molecule has 2 saturated heterocycles. The highest BCUT2D eigenvalue weighted by atomic mass is 35.5. The van der Waals surface area contributed by atoms with Crippen LogP contribution in [0.3, 0.4) is 0 Å². The molecule has 39 heavy (non-hydrogen) atoms. The predicted molar refractivity (Wildman–Crippen MR) is 143 cm³/mol. The number of carbonyl (C=O) groups excluding carboxylic acids is 3. The monoisotopic (exact) mass is 545 g/mol. The summed E-state index contributed by atoms with van der Waals surface area (Å²) >= 11 is 6.34. The minimum atomic E-state index is -0.627. The van der Waals surface area contributed by atoms with Crippen LogP contribution in [-0.2, 0) is 28.1 Å². The lowest BCUT2D eigenvalue weighted by atomic mass is 9.74. The quantitative estimate of drug-likeness (QED) is 0.506. The number of piperidine rings is 2. The minimum Gasteiger partial charge on any atom is -0.492 e. The van der Waals surface area contributed by atoms with E-state index in [2.05, 4.69) is 10.2 Å². The molecule has 4 aliphatic rings. The van der Waals surface area contributed by atoms with Crippen LogP contribution in [0, 0.1) is 0 Å². The van der Waals surface area contributed by atoms with Crippen molar-refractivity contribution in [1.29, 1.82) is 0 Å². The number of carbonyl (C=O) groups is 3. The van der Waals surface area contributed by atoms with Gasteiger partial charge in [0.05, 0.1) is 29.6 Å². The largest absolute Gasteiger partial charge is 0.492 e. The summed E-state index contributed by atoms with van der Waals surface area (Å²) in [6, 6.07) is 13.0. The highest BCUT2D eigenvalue weighted by Crippen LogP contribution is 2.49. The molecule has 0 bridgehead atoms. The van der Waals surface area contributed by atoms with Crippen molar-refractivity contribution < 1.29 is 19.1 Å². The third kappa shape index (κ3) is 4.03. The van der Waals surface area contributed by atoms with Gasteiger partial charge in [-0.3, -0.25) is 24.6 Å². The molecule has 3 amide bonds. The van der Waals surface area contributed by atoms with E-state index in [0.717, 1.165) is 55.2 Å². The summed E-state index contributed by atoms with van der Waals surface area (Å²) in [6.07, 6.45) is 4.45. The Morgan fingerprint density at radius 1 is 1.08 bits per heavy atom. The van der Waals surface area contributed by atoms with Gasteiger partial charge in [0.25, 0.3) is 5.91 Å². The molecule has 4 aliphatic heterocycles. The molecule has 2 fully saturated rings. The van der Waals surface area contributed by atoms with E-state index >= 15 is 0 Å². The van der Waals surface area contributed by atoms with Crippen molar-refractivity contribution in [2.75, 3.05) is 19.7 Å². The Bertz CT molecular complexity index is 1510. The van der Waals surface area contributed by atoms with E-state index in [1.807, 2.05) is 53.3 Å². The van der Waals surface area contributed by atoms with Gasteiger partial charge in [0, 0.05) is 41.3 Å². The van der Waals surface area contributed by atoms with Crippen LogP contribution >= 0.6 is 11.6 Å². The number of fused-ring (bicyclic) bond motifs is 4. The molecule has 1 spiro atoms. The number of imide groups is 1. The molecular weight excluding hydrogens is 518 g/mol. The molecule has 5 heterocycles. The van der Waals surface area contributed by atoms with E-state index in [1.54, 1.807) is 4.90 Å². The molecule has 1 aromatic heterocycles. The number of ether oxygens (including phenoxy) is 1. The predicted octanol–water partition coefficient (Wildman–Crippen LogP) is 3.21. The van der Waals surface area contributed by atoms with Crippen molar-refractivity contribution in [2.24, 2.45) is 0 Å². The lowest BCUT2D eigenvalue weighted by molar-refractivity contribution is -0.136. The number of likely N-dealkylation sites (tertiary alicyclic amines) is 1. The molecule has 3 aromatic rings. The maximum absolute atomic E-state index is 13.2. The summed E-state index contributed by atoms with van der Waals surface area (Å²) < 4.78 is 8.12. The van der Waals surface area contributed by atoms with Gasteiger partial charge in [-0.2, -0.15) is 5.10 Å². The number of hydrogen-bond acceptors (Lipinski definition) is 6. The Morgan fingerprint density at radius 3 is 2.69 bits per heavy atom. The second-order valence-electron chi connectivity index (χ2n) is 10.9. The van der Waals surface area contributed by atoms with Crippen LogP contribution in [0.1, 0.15) is 52.9 Å². The zero-order chi connectivity index (χ0) is 26.7. The van der Waals surface area contributed by atoms with Gasteiger partial charge in [-0.1, -0.05) is 29.8 Å². The van der Waals surface area contributed by atoms with E-state index in [-0.39, 0.29) is 23.7 Å². The van der Waals surface area contributed by atoms with Gasteiger partial charge >= 0.3 is 0 Å². The number of rotatable bonds is 4. The topological polar surface area (TPSA) is 96.8 Å². The Labute approximate surface area is 230 Å². The summed E-state index contributed by atoms with van der Waals surface area (Å²) in [5, 5.41) is 7.78. The van der Waals surface area contributed by atoms with E-state index in [0.29, 0.717) is 30.2 Å². The molecule has 0 aliphatic carbocycles. The molecule has 1 atom stereocenters. The highest BCUT2D eigenvalue weighted by molar-refractivity contribution is 6.32. The molecule has 7 rings (SSSR count). The fourth-order valence-electron chi connectivity index (χ4n) is 6.48. The second kappa shape index (κ2) is 9.20. The normalized spacial score (nSPS) is 22.1. The van der Waals surface area contributed by atoms with E-state index in [9.17, 15) is 14.4 Å². The molecule has 1 unspecified atom stereocenters. The van der Waals surface area contributed by atoms with Crippen molar-refractivity contribution in [3.63, 3.8) is 0 Å². The molecule has 200 valence electrons. The average molecular weight is 546 g/mol. The summed E-state index contributed by atoms with van der Waals surface area (Å²) in [7, 11) is 0. The smallest absolute Gasteiger partial charge is 0.255 e. The number of halogens is 1. The van der Waals surface area contributed by atoms with Gasteiger partial charge in [-0.05, 0) is 56.6 Å². The van der Waals surface area contributed by atoms with Crippen molar-refractivity contribution in [3.8, 4) is 11.4 Å². The molecule has 1 N–H and O–H groups in total. The minimum absolute atomic E-state index is 0.0805. The first-order chi connectivity index (χ1) is 18.9. The van der Waals surface area contributed by atoms with Crippen LogP contribution in [-0.4, -0.2) is 63.0 Å². The summed E-state index contributed by atoms with van der Waals surface area (Å²) in [5.74, 6) is -0.0437. The molecule has 2 aromatic carbocycles. The molecule has 0 saturated carbocycles. The first-order valence-corrected chi connectivity index (χ1v) is 13.8. The summed E-state index contributed by atoms with van der Waals surface area (Å²) in [5.41, 5.74) is 4.42. The highest BCUT2D eigenvalue weighted by Gasteiger charge is 2.47. The lowest BCUT2D eigenvalue weighted by Crippen LogP contribution is -2.52. The van der Waals surface area contributed by atoms with Crippen LogP contribution < -0.4 is 10.1 Å². The summed E-state index contributed by atoms with van der Waals surface area (Å²) in [4.78, 5) is 41.2. The van der Waals surface area contributed by atoms with Crippen LogP contribution in [0.5, 0.6) is 5.75 Å².